The normalized spacial score (nSPS) is 39.3. The molecular formula is C21H34O2S2Si. The highest BCUT2D eigenvalue weighted by Gasteiger charge is 2.68. The van der Waals surface area contributed by atoms with Gasteiger partial charge in [-0.3, -0.25) is 4.79 Å². The van der Waals surface area contributed by atoms with E-state index in [0.717, 1.165) is 6.42 Å². The van der Waals surface area contributed by atoms with Crippen molar-refractivity contribution < 1.29 is 9.22 Å². The lowest BCUT2D eigenvalue weighted by molar-refractivity contribution is -0.117. The summed E-state index contributed by atoms with van der Waals surface area (Å²) in [5, 5.41) is 0.232. The highest BCUT2D eigenvalue weighted by Crippen LogP contribution is 2.72. The number of hydrogen-bond acceptors (Lipinski definition) is 4. The Morgan fingerprint density at radius 2 is 1.88 bits per heavy atom. The molecule has 4 atom stereocenters. The zero-order valence-electron chi connectivity index (χ0n) is 17.0. The van der Waals surface area contributed by atoms with Crippen LogP contribution in [-0.4, -0.2) is 35.8 Å². The van der Waals surface area contributed by atoms with E-state index in [0.29, 0.717) is 27.8 Å². The van der Waals surface area contributed by atoms with Crippen molar-refractivity contribution >= 4 is 37.6 Å². The second-order valence-corrected chi connectivity index (χ2v) is 18.1. The molecule has 5 heteroatoms. The predicted molar refractivity (Wildman–Crippen MR) is 116 cm³/mol. The Hall–Kier alpha value is 0.287. The van der Waals surface area contributed by atoms with Crippen molar-refractivity contribution in [3.8, 4) is 0 Å². The molecule has 2 saturated carbocycles. The summed E-state index contributed by atoms with van der Waals surface area (Å²) < 4.78 is 7.40. The van der Waals surface area contributed by atoms with Gasteiger partial charge in [-0.05, 0) is 73.2 Å². The second-order valence-electron chi connectivity index (χ2n) is 10.3. The fourth-order valence-electron chi connectivity index (χ4n) is 5.61. The van der Waals surface area contributed by atoms with Crippen LogP contribution in [0.4, 0.5) is 0 Å². The van der Waals surface area contributed by atoms with E-state index in [9.17, 15) is 4.79 Å². The van der Waals surface area contributed by atoms with Crippen molar-refractivity contribution in [1.82, 2.24) is 0 Å². The van der Waals surface area contributed by atoms with Crippen molar-refractivity contribution in [1.29, 1.82) is 0 Å². The Kier molecular flexibility index (Phi) is 4.82. The van der Waals surface area contributed by atoms with Crippen molar-refractivity contribution in [2.24, 2.45) is 17.3 Å². The zero-order chi connectivity index (χ0) is 18.8. The minimum Gasteiger partial charge on any atom is -0.413 e. The third-order valence-electron chi connectivity index (χ3n) is 7.88. The van der Waals surface area contributed by atoms with Crippen LogP contribution in [0.1, 0.15) is 52.9 Å². The van der Waals surface area contributed by atoms with Gasteiger partial charge in [0.2, 0.25) is 0 Å². The molecule has 4 aliphatic rings. The molecule has 3 aliphatic carbocycles. The van der Waals surface area contributed by atoms with Crippen molar-refractivity contribution in [2.45, 2.75) is 81.2 Å². The molecule has 3 fully saturated rings. The fourth-order valence-corrected chi connectivity index (χ4v) is 11.0. The van der Waals surface area contributed by atoms with Gasteiger partial charge in [-0.2, -0.15) is 0 Å². The Morgan fingerprint density at radius 3 is 2.54 bits per heavy atom. The molecule has 0 aromatic heterocycles. The van der Waals surface area contributed by atoms with Crippen LogP contribution in [0.25, 0.3) is 0 Å². The van der Waals surface area contributed by atoms with E-state index in [1.807, 2.05) is 6.08 Å². The van der Waals surface area contributed by atoms with Crippen molar-refractivity contribution in [2.75, 3.05) is 11.5 Å². The van der Waals surface area contributed by atoms with Gasteiger partial charge in [0.25, 0.3) is 0 Å². The molecule has 1 aliphatic heterocycles. The lowest BCUT2D eigenvalue weighted by Crippen LogP contribution is -2.50. The standard InChI is InChI=1S/C21H34O2S2Si/c1-19(2,3)26(4,5)23-18-8-7-17-20(18)10-9-16(22)13-15(20)14-21(17)24-11-6-12-25-21/h9-10,15,17-18H,6-8,11-14H2,1-5H3/t15-,17+,18-,20+/m1/s1. The number of hydrogen-bond donors (Lipinski definition) is 0. The van der Waals surface area contributed by atoms with E-state index in [-0.39, 0.29) is 10.5 Å². The highest BCUT2D eigenvalue weighted by atomic mass is 32.2. The van der Waals surface area contributed by atoms with E-state index >= 15 is 0 Å². The minimum absolute atomic E-state index is 0.112. The van der Waals surface area contributed by atoms with Crippen LogP contribution in [0.3, 0.4) is 0 Å². The maximum atomic E-state index is 12.3. The highest BCUT2D eigenvalue weighted by molar-refractivity contribution is 8.18. The average Bonchev–Trinajstić information content (AvgIpc) is 3.01. The lowest BCUT2D eigenvalue weighted by atomic mass is 9.67. The molecule has 2 nitrogen and oxygen atoms in total. The van der Waals surface area contributed by atoms with Gasteiger partial charge in [-0.1, -0.05) is 26.8 Å². The van der Waals surface area contributed by atoms with Gasteiger partial charge in [0, 0.05) is 11.8 Å². The molecule has 0 aromatic carbocycles. The number of carbonyl (C=O) groups excluding carboxylic acids is 1. The number of allylic oxidation sites excluding steroid dienone is 1. The Balaban J connectivity index is 1.71. The summed E-state index contributed by atoms with van der Waals surface area (Å²) in [7, 11) is -1.82. The summed E-state index contributed by atoms with van der Waals surface area (Å²) >= 11 is 4.42. The molecule has 0 N–H and O–H groups in total. The number of carbonyl (C=O) groups is 1. The molecule has 4 rings (SSSR count). The third-order valence-corrected chi connectivity index (χ3v) is 15.9. The first-order valence-corrected chi connectivity index (χ1v) is 15.2. The molecule has 26 heavy (non-hydrogen) atoms. The average molecular weight is 411 g/mol. The molecule has 0 bridgehead atoms. The van der Waals surface area contributed by atoms with Crippen LogP contribution < -0.4 is 0 Å². The first-order valence-electron chi connectivity index (χ1n) is 10.3. The first kappa shape index (κ1) is 19.6. The lowest BCUT2D eigenvalue weighted by Gasteiger charge is -2.47. The first-order chi connectivity index (χ1) is 12.1. The number of rotatable bonds is 2. The summed E-state index contributed by atoms with van der Waals surface area (Å²) in [5.41, 5.74) is 0.112. The Bertz CT molecular complexity index is 618. The minimum atomic E-state index is -1.82. The predicted octanol–water partition coefficient (Wildman–Crippen LogP) is 5.89. The summed E-state index contributed by atoms with van der Waals surface area (Å²) in [6.07, 6.45) is 10.3. The smallest absolute Gasteiger partial charge is 0.192 e. The maximum absolute atomic E-state index is 12.3. The molecule has 0 unspecified atom stereocenters. The molecule has 0 aromatic rings. The van der Waals surface area contributed by atoms with Crippen molar-refractivity contribution in [3.05, 3.63) is 12.2 Å². The van der Waals surface area contributed by atoms with E-state index in [2.05, 4.69) is 63.5 Å². The monoisotopic (exact) mass is 410 g/mol. The number of fused-ring (bicyclic) bond motifs is 1. The zero-order valence-corrected chi connectivity index (χ0v) is 19.6. The van der Waals surface area contributed by atoms with Crippen LogP contribution >= 0.6 is 23.5 Å². The van der Waals surface area contributed by atoms with E-state index < -0.39 is 8.32 Å². The van der Waals surface area contributed by atoms with Gasteiger partial charge in [-0.15, -0.1) is 23.5 Å². The number of ketones is 1. The molecule has 1 saturated heterocycles. The summed E-state index contributed by atoms with van der Waals surface area (Å²) in [4.78, 5) is 12.3. The van der Waals surface area contributed by atoms with Gasteiger partial charge < -0.3 is 4.43 Å². The largest absolute Gasteiger partial charge is 0.413 e. The summed E-state index contributed by atoms with van der Waals surface area (Å²) in [5.74, 6) is 4.07. The van der Waals surface area contributed by atoms with Gasteiger partial charge in [-0.25, -0.2) is 0 Å². The topological polar surface area (TPSA) is 26.3 Å². The second kappa shape index (κ2) is 6.40. The Labute approximate surface area is 168 Å². The molecule has 0 amide bonds. The fraction of sp³-hybridized carbons (Fsp3) is 0.857. The van der Waals surface area contributed by atoms with Gasteiger partial charge in [0.05, 0.1) is 10.2 Å². The van der Waals surface area contributed by atoms with Crippen LogP contribution in [0.5, 0.6) is 0 Å². The van der Waals surface area contributed by atoms with E-state index in [4.69, 9.17) is 4.43 Å². The van der Waals surface area contributed by atoms with Crippen LogP contribution in [0, 0.1) is 17.3 Å². The van der Waals surface area contributed by atoms with Crippen molar-refractivity contribution in [3.63, 3.8) is 0 Å². The van der Waals surface area contributed by atoms with E-state index in [1.54, 1.807) is 0 Å². The molecule has 0 radical (unpaired) electrons. The summed E-state index contributed by atoms with van der Waals surface area (Å²) in [6, 6.07) is 0. The van der Waals surface area contributed by atoms with Crippen LogP contribution in [0.2, 0.25) is 18.1 Å². The number of thioether (sulfide) groups is 2. The maximum Gasteiger partial charge on any atom is 0.192 e. The van der Waals surface area contributed by atoms with Gasteiger partial charge in [0.1, 0.15) is 0 Å². The summed E-state index contributed by atoms with van der Waals surface area (Å²) in [6.45, 7) is 11.8. The van der Waals surface area contributed by atoms with E-state index in [1.165, 1.54) is 37.2 Å². The van der Waals surface area contributed by atoms with Crippen LogP contribution in [0.15, 0.2) is 12.2 Å². The molecule has 1 heterocycles. The quantitative estimate of drug-likeness (QED) is 0.530. The molecule has 146 valence electrons. The van der Waals surface area contributed by atoms with Gasteiger partial charge in [0.15, 0.2) is 14.1 Å². The van der Waals surface area contributed by atoms with Crippen LogP contribution in [-0.2, 0) is 9.22 Å². The molecule has 2 spiro atoms. The SMILES string of the molecule is CC(C)(C)[Si](C)(C)O[C@@H]1CC[C@@H]2C3(C[C@H]4CC(=O)C=C[C@]421)SCCCS3. The van der Waals surface area contributed by atoms with Gasteiger partial charge >= 0.3 is 0 Å². The third kappa shape index (κ3) is 2.82. The molecular weight excluding hydrogens is 376 g/mol. The Morgan fingerprint density at radius 1 is 1.19 bits per heavy atom.